The van der Waals surface area contributed by atoms with Crippen molar-refractivity contribution < 1.29 is 9.53 Å². The molecule has 3 nitrogen and oxygen atoms in total. The summed E-state index contributed by atoms with van der Waals surface area (Å²) in [5, 5.41) is 0. The lowest BCUT2D eigenvalue weighted by atomic mass is 9.53. The fourth-order valence-electron chi connectivity index (χ4n) is 4.80. The van der Waals surface area contributed by atoms with Crippen LogP contribution in [-0.4, -0.2) is 29.0 Å². The van der Waals surface area contributed by atoms with Gasteiger partial charge in [0.2, 0.25) is 0 Å². The number of nitrogens with zero attached hydrogens (tertiary/aromatic N) is 1. The van der Waals surface area contributed by atoms with E-state index in [1.165, 1.54) is 18.4 Å². The molecule has 1 aromatic carbocycles. The first kappa shape index (κ1) is 15.1. The molecule has 4 heteroatoms. The first-order chi connectivity index (χ1) is 11.0. The molecule has 2 aliphatic carbocycles. The summed E-state index contributed by atoms with van der Waals surface area (Å²) >= 11 is 5.83. The average molecular weight is 329 g/mol. The summed E-state index contributed by atoms with van der Waals surface area (Å²) in [7, 11) is 0. The van der Waals surface area contributed by atoms with Gasteiger partial charge in [-0.25, -0.2) is 0 Å². The van der Waals surface area contributed by atoms with Crippen LogP contribution in [0.5, 0.6) is 0 Å². The van der Waals surface area contributed by atoms with Crippen LogP contribution in [-0.2, 0) is 9.53 Å². The van der Waals surface area contributed by atoms with Crippen molar-refractivity contribution in [2.24, 2.45) is 16.7 Å². The molecule has 0 radical (unpaired) electrons. The first-order valence-electron chi connectivity index (χ1n) is 8.58. The molecule has 0 amide bonds. The highest BCUT2D eigenvalue weighted by Crippen LogP contribution is 2.75. The van der Waals surface area contributed by atoms with E-state index in [1.54, 1.807) is 0 Å². The van der Waals surface area contributed by atoms with Crippen molar-refractivity contribution in [3.05, 3.63) is 35.9 Å². The smallest absolute Gasteiger partial charge is 0.319 e. The van der Waals surface area contributed by atoms with Crippen LogP contribution in [0.25, 0.3) is 0 Å². The number of likely N-dealkylation sites (tertiary alicyclic amines) is 1. The lowest BCUT2D eigenvalue weighted by Gasteiger charge is -2.48. The van der Waals surface area contributed by atoms with Crippen molar-refractivity contribution >= 4 is 23.2 Å². The van der Waals surface area contributed by atoms with Crippen LogP contribution in [0.1, 0.15) is 44.7 Å². The van der Waals surface area contributed by atoms with E-state index in [1.807, 2.05) is 13.0 Å². The maximum absolute atomic E-state index is 12.7. The normalized spacial score (nSPS) is 31.5. The minimum atomic E-state index is -0.523. The van der Waals surface area contributed by atoms with Crippen molar-refractivity contribution in [2.75, 3.05) is 13.2 Å². The number of carbonyl (C=O) groups excluding carboxylic acids is 1. The number of carbonyl (C=O) groups is 1. The number of thiocarbonyl (C=S) groups is 1. The summed E-state index contributed by atoms with van der Waals surface area (Å²) in [6, 6.07) is 10.6. The molecule has 23 heavy (non-hydrogen) atoms. The topological polar surface area (TPSA) is 29.5 Å². The number of hydrogen-bond donors (Lipinski definition) is 0. The van der Waals surface area contributed by atoms with Crippen LogP contribution in [0, 0.1) is 16.7 Å². The van der Waals surface area contributed by atoms with Gasteiger partial charge < -0.3 is 9.64 Å². The number of rotatable bonds is 4. The fraction of sp³-hybridized carbons (Fsp3) is 0.579. The number of ether oxygens (including phenoxy) is 1. The molecule has 0 N–H and O–H groups in total. The molecule has 3 atom stereocenters. The van der Waals surface area contributed by atoms with E-state index >= 15 is 0 Å². The van der Waals surface area contributed by atoms with Crippen LogP contribution in [0.2, 0.25) is 0 Å². The molecule has 1 heterocycles. The molecule has 122 valence electrons. The second-order valence-corrected chi connectivity index (χ2v) is 7.71. The van der Waals surface area contributed by atoms with Gasteiger partial charge in [-0.2, -0.15) is 0 Å². The minimum Gasteiger partial charge on any atom is -0.465 e. The molecule has 0 aromatic heterocycles. The number of hydrogen-bond acceptors (Lipinski definition) is 3. The summed E-state index contributed by atoms with van der Waals surface area (Å²) in [5.41, 5.74) is 1.10. The van der Waals surface area contributed by atoms with Gasteiger partial charge in [-0.1, -0.05) is 42.5 Å². The van der Waals surface area contributed by atoms with Crippen molar-refractivity contribution in [3.8, 4) is 0 Å². The standard InChI is InChI=1S/C19H23NO2S/c1-3-22-17(21)19-12-18(9-10-18)15(19)11-20(16(19)23)13(2)14-7-5-4-6-8-14/h4-8,13,15H,3,9-12H2,1-2H3/t13-,15?,19-/m0/s1. The van der Waals surface area contributed by atoms with Crippen LogP contribution in [0.3, 0.4) is 0 Å². The highest BCUT2D eigenvalue weighted by Gasteiger charge is 2.77. The van der Waals surface area contributed by atoms with Crippen LogP contribution < -0.4 is 0 Å². The summed E-state index contributed by atoms with van der Waals surface area (Å²) in [4.78, 5) is 15.8. The first-order valence-corrected chi connectivity index (χ1v) is 8.99. The molecule has 3 fully saturated rings. The zero-order valence-corrected chi connectivity index (χ0v) is 14.6. The molecule has 1 unspecified atom stereocenters. The van der Waals surface area contributed by atoms with E-state index in [4.69, 9.17) is 17.0 Å². The molecule has 4 rings (SSSR count). The van der Waals surface area contributed by atoms with E-state index in [-0.39, 0.29) is 12.0 Å². The van der Waals surface area contributed by atoms with Gasteiger partial charge in [-0.3, -0.25) is 4.79 Å². The molecular weight excluding hydrogens is 306 g/mol. The van der Waals surface area contributed by atoms with Gasteiger partial charge in [0, 0.05) is 12.5 Å². The highest BCUT2D eigenvalue weighted by atomic mass is 32.1. The third-order valence-corrected chi connectivity index (χ3v) is 6.87. The molecule has 3 aliphatic rings. The quantitative estimate of drug-likeness (QED) is 0.622. The zero-order valence-electron chi connectivity index (χ0n) is 13.7. The predicted molar refractivity (Wildman–Crippen MR) is 93.0 cm³/mol. The van der Waals surface area contributed by atoms with E-state index < -0.39 is 5.41 Å². The lowest BCUT2D eigenvalue weighted by molar-refractivity contribution is -0.164. The van der Waals surface area contributed by atoms with Gasteiger partial charge in [-0.15, -0.1) is 0 Å². The Bertz CT molecular complexity index is 655. The van der Waals surface area contributed by atoms with E-state index in [0.717, 1.165) is 18.0 Å². The van der Waals surface area contributed by atoms with E-state index in [9.17, 15) is 4.79 Å². The Morgan fingerprint density at radius 3 is 2.70 bits per heavy atom. The van der Waals surface area contributed by atoms with Crippen molar-refractivity contribution in [1.82, 2.24) is 4.90 Å². The van der Waals surface area contributed by atoms with Crippen molar-refractivity contribution in [2.45, 2.75) is 39.2 Å². The van der Waals surface area contributed by atoms with Gasteiger partial charge >= 0.3 is 5.97 Å². The summed E-state index contributed by atoms with van der Waals surface area (Å²) in [6.45, 7) is 5.38. The molecular formula is C19H23NO2S. The average Bonchev–Trinajstić information content (AvgIpc) is 3.31. The second kappa shape index (κ2) is 5.04. The Kier molecular flexibility index (Phi) is 3.31. The zero-order chi connectivity index (χ0) is 16.2. The lowest BCUT2D eigenvalue weighted by Crippen LogP contribution is -2.56. The van der Waals surface area contributed by atoms with Crippen LogP contribution in [0.15, 0.2) is 30.3 Å². The third kappa shape index (κ3) is 1.94. The largest absolute Gasteiger partial charge is 0.465 e. The third-order valence-electron chi connectivity index (χ3n) is 6.27. The summed E-state index contributed by atoms with van der Waals surface area (Å²) < 4.78 is 5.42. The molecule has 1 aromatic rings. The Hall–Kier alpha value is -1.42. The molecule has 2 saturated carbocycles. The van der Waals surface area contributed by atoms with Gasteiger partial charge in [0.15, 0.2) is 0 Å². The monoisotopic (exact) mass is 329 g/mol. The minimum absolute atomic E-state index is 0.0877. The maximum atomic E-state index is 12.7. The molecule has 0 bridgehead atoms. The van der Waals surface area contributed by atoms with Gasteiger partial charge in [-0.05, 0) is 44.1 Å². The summed E-state index contributed by atoms with van der Waals surface area (Å²) in [6.07, 6.45) is 3.39. The highest BCUT2D eigenvalue weighted by molar-refractivity contribution is 7.80. The SMILES string of the molecule is CCOC(=O)[C@@]12CC3(CC3)C1CN([C@@H](C)c1ccccc1)C2=S. The summed E-state index contributed by atoms with van der Waals surface area (Å²) in [5.74, 6) is 0.267. The fourth-order valence-corrected chi connectivity index (χ4v) is 5.33. The Morgan fingerprint density at radius 1 is 1.39 bits per heavy atom. The Balaban J connectivity index is 1.65. The van der Waals surface area contributed by atoms with Crippen molar-refractivity contribution in [1.29, 1.82) is 0 Å². The van der Waals surface area contributed by atoms with E-state index in [2.05, 4.69) is 36.1 Å². The maximum Gasteiger partial charge on any atom is 0.319 e. The molecule has 1 spiro atoms. The van der Waals surface area contributed by atoms with Crippen LogP contribution in [0.4, 0.5) is 0 Å². The number of benzene rings is 1. The Morgan fingerprint density at radius 2 is 2.09 bits per heavy atom. The molecule has 1 aliphatic heterocycles. The van der Waals surface area contributed by atoms with E-state index in [0.29, 0.717) is 17.9 Å². The second-order valence-electron chi connectivity index (χ2n) is 7.33. The van der Waals surface area contributed by atoms with Gasteiger partial charge in [0.25, 0.3) is 0 Å². The van der Waals surface area contributed by atoms with Crippen molar-refractivity contribution in [3.63, 3.8) is 0 Å². The molecule has 1 saturated heterocycles. The number of fused-ring (bicyclic) bond motifs is 2. The van der Waals surface area contributed by atoms with Gasteiger partial charge in [0.1, 0.15) is 5.41 Å². The Labute approximate surface area is 143 Å². The van der Waals surface area contributed by atoms with Gasteiger partial charge in [0.05, 0.1) is 17.6 Å². The number of esters is 1. The predicted octanol–water partition coefficient (Wildman–Crippen LogP) is 3.74. The van der Waals surface area contributed by atoms with Crippen LogP contribution >= 0.6 is 12.2 Å².